The number of halogens is 1. The van der Waals surface area contributed by atoms with E-state index in [1.165, 1.54) is 17.4 Å². The number of hydrogen-bond donors (Lipinski definition) is 0. The van der Waals surface area contributed by atoms with E-state index >= 15 is 0 Å². The van der Waals surface area contributed by atoms with Gasteiger partial charge in [-0.05, 0) is 26.0 Å². The quantitative estimate of drug-likeness (QED) is 0.496. The van der Waals surface area contributed by atoms with Gasteiger partial charge in [-0.1, -0.05) is 28.1 Å². The fourth-order valence-electron chi connectivity index (χ4n) is 2.57. The zero-order chi connectivity index (χ0) is 16.8. The lowest BCUT2D eigenvalue weighted by atomic mass is 10.2. The maximum atomic E-state index is 12.2. The van der Waals surface area contributed by atoms with Gasteiger partial charge in [-0.2, -0.15) is 9.78 Å². The highest BCUT2D eigenvalue weighted by atomic mass is 79.9. The molecule has 0 spiro atoms. The molecule has 0 saturated heterocycles. The molecule has 5 nitrogen and oxygen atoms in total. The van der Waals surface area contributed by atoms with Gasteiger partial charge in [-0.15, -0.1) is 11.3 Å². The van der Waals surface area contributed by atoms with Gasteiger partial charge in [-0.3, -0.25) is 4.79 Å². The van der Waals surface area contributed by atoms with E-state index in [4.69, 9.17) is 4.42 Å². The molecule has 4 aromatic rings. The maximum Gasteiger partial charge on any atom is 0.235 e. The lowest BCUT2D eigenvalue weighted by Crippen LogP contribution is -2.01. The second-order valence-electron chi connectivity index (χ2n) is 5.42. The van der Waals surface area contributed by atoms with Crippen LogP contribution in [0.1, 0.15) is 11.5 Å². The lowest BCUT2D eigenvalue weighted by Gasteiger charge is -1.99. The van der Waals surface area contributed by atoms with E-state index < -0.39 is 0 Å². The Kier molecular flexibility index (Phi) is 3.62. The van der Waals surface area contributed by atoms with E-state index in [0.717, 1.165) is 15.7 Å². The molecule has 0 N–H and O–H groups in total. The van der Waals surface area contributed by atoms with Crippen LogP contribution in [0.3, 0.4) is 0 Å². The third kappa shape index (κ3) is 2.50. The molecule has 0 aliphatic heterocycles. The predicted octanol–water partition coefficient (Wildman–Crippen LogP) is 4.48. The van der Waals surface area contributed by atoms with Gasteiger partial charge in [0.05, 0.1) is 11.4 Å². The Morgan fingerprint density at radius 1 is 1.21 bits per heavy atom. The van der Waals surface area contributed by atoms with Crippen LogP contribution in [0.5, 0.6) is 0 Å². The molecule has 3 aromatic heterocycles. The van der Waals surface area contributed by atoms with Crippen LogP contribution in [0, 0.1) is 13.8 Å². The van der Waals surface area contributed by atoms with Crippen molar-refractivity contribution in [3.05, 3.63) is 61.9 Å². The van der Waals surface area contributed by atoms with Crippen molar-refractivity contribution in [1.82, 2.24) is 14.8 Å². The number of thiazole rings is 1. The summed E-state index contributed by atoms with van der Waals surface area (Å²) in [6.07, 6.45) is 0. The molecule has 0 atom stereocenters. The largest absolute Gasteiger partial charge is 0.443 e. The second-order valence-corrected chi connectivity index (χ2v) is 7.17. The smallest absolute Gasteiger partial charge is 0.235 e. The fourth-order valence-corrected chi connectivity index (χ4v) is 3.61. The van der Waals surface area contributed by atoms with Crippen molar-refractivity contribution >= 4 is 38.4 Å². The first kappa shape index (κ1) is 15.3. The van der Waals surface area contributed by atoms with Crippen LogP contribution < -0.4 is 5.43 Å². The van der Waals surface area contributed by atoms with Crippen LogP contribution in [0.4, 0.5) is 0 Å². The molecule has 0 bridgehead atoms. The molecule has 1 aromatic carbocycles. The van der Waals surface area contributed by atoms with Gasteiger partial charge in [0.15, 0.2) is 5.43 Å². The fraction of sp³-hybridized carbons (Fsp3) is 0.118. The minimum absolute atomic E-state index is 0.0813. The van der Waals surface area contributed by atoms with Crippen LogP contribution in [0.15, 0.2) is 49.4 Å². The Morgan fingerprint density at radius 3 is 2.71 bits per heavy atom. The summed E-state index contributed by atoms with van der Waals surface area (Å²) in [5.41, 5.74) is 2.88. The van der Waals surface area contributed by atoms with E-state index in [1.54, 1.807) is 18.5 Å². The van der Waals surface area contributed by atoms with E-state index in [-0.39, 0.29) is 5.43 Å². The number of rotatable bonds is 2. The van der Waals surface area contributed by atoms with Gasteiger partial charge in [0.1, 0.15) is 11.1 Å². The van der Waals surface area contributed by atoms with E-state index in [1.807, 2.05) is 29.6 Å². The normalized spacial score (nSPS) is 11.3. The molecule has 0 saturated carbocycles. The maximum absolute atomic E-state index is 12.2. The zero-order valence-corrected chi connectivity index (χ0v) is 15.3. The SMILES string of the molecule is Cc1cc(=O)c2c(C)nn(-c3nc(-c4ccc(Br)cc4)cs3)c2o1. The molecule has 0 radical (unpaired) electrons. The van der Waals surface area contributed by atoms with E-state index in [2.05, 4.69) is 26.0 Å². The predicted molar refractivity (Wildman–Crippen MR) is 97.9 cm³/mol. The monoisotopic (exact) mass is 401 g/mol. The molecule has 3 heterocycles. The van der Waals surface area contributed by atoms with Gasteiger partial charge >= 0.3 is 0 Å². The lowest BCUT2D eigenvalue weighted by molar-refractivity contribution is 0.539. The van der Waals surface area contributed by atoms with Crippen molar-refractivity contribution in [1.29, 1.82) is 0 Å². The molecule has 0 aliphatic carbocycles. The Labute approximate surface area is 149 Å². The summed E-state index contributed by atoms with van der Waals surface area (Å²) >= 11 is 4.89. The highest BCUT2D eigenvalue weighted by Gasteiger charge is 2.17. The Hall–Kier alpha value is -2.25. The number of hydrogen-bond acceptors (Lipinski definition) is 5. The molecule has 120 valence electrons. The van der Waals surface area contributed by atoms with Gasteiger partial charge < -0.3 is 4.42 Å². The van der Waals surface area contributed by atoms with Gasteiger partial charge in [-0.25, -0.2) is 4.98 Å². The number of aromatic nitrogens is 3. The van der Waals surface area contributed by atoms with Crippen molar-refractivity contribution in [3.8, 4) is 16.4 Å². The molecule has 0 aliphatic rings. The van der Waals surface area contributed by atoms with Crippen LogP contribution in [0.2, 0.25) is 0 Å². The highest BCUT2D eigenvalue weighted by Crippen LogP contribution is 2.27. The van der Waals surface area contributed by atoms with Crippen LogP contribution in [0.25, 0.3) is 27.5 Å². The minimum atomic E-state index is -0.0813. The van der Waals surface area contributed by atoms with Crippen molar-refractivity contribution in [2.45, 2.75) is 13.8 Å². The topological polar surface area (TPSA) is 60.9 Å². The molecule has 7 heteroatoms. The van der Waals surface area contributed by atoms with Gasteiger partial charge in [0.2, 0.25) is 10.8 Å². The third-order valence-electron chi connectivity index (χ3n) is 3.67. The minimum Gasteiger partial charge on any atom is -0.443 e. The Balaban J connectivity index is 1.87. The standard InChI is InChI=1S/C17H12BrN3O2S/c1-9-7-14(22)15-10(2)20-21(16(15)23-9)17-19-13(8-24-17)11-3-5-12(18)6-4-11/h3-8H,1-2H3. The van der Waals surface area contributed by atoms with Crippen molar-refractivity contribution < 1.29 is 4.42 Å². The molecule has 4 rings (SSSR count). The van der Waals surface area contributed by atoms with Crippen molar-refractivity contribution in [3.63, 3.8) is 0 Å². The summed E-state index contributed by atoms with van der Waals surface area (Å²) in [4.78, 5) is 16.8. The molecule has 0 unspecified atom stereocenters. The number of fused-ring (bicyclic) bond motifs is 1. The van der Waals surface area contributed by atoms with Crippen molar-refractivity contribution in [2.75, 3.05) is 0 Å². The molecular formula is C17H12BrN3O2S. The average molecular weight is 402 g/mol. The van der Waals surface area contributed by atoms with Crippen LogP contribution >= 0.6 is 27.3 Å². The summed E-state index contributed by atoms with van der Waals surface area (Å²) in [6.45, 7) is 3.55. The molecule has 0 fully saturated rings. The number of benzene rings is 1. The summed E-state index contributed by atoms with van der Waals surface area (Å²) in [7, 11) is 0. The first-order valence-electron chi connectivity index (χ1n) is 7.25. The third-order valence-corrected chi connectivity index (χ3v) is 5.01. The van der Waals surface area contributed by atoms with Gasteiger partial charge in [0, 0.05) is 21.5 Å². The average Bonchev–Trinajstić information content (AvgIpc) is 3.13. The zero-order valence-electron chi connectivity index (χ0n) is 12.9. The summed E-state index contributed by atoms with van der Waals surface area (Å²) in [5, 5.41) is 7.58. The Morgan fingerprint density at radius 2 is 1.96 bits per heavy atom. The molecule has 24 heavy (non-hydrogen) atoms. The summed E-state index contributed by atoms with van der Waals surface area (Å²) in [6, 6.07) is 9.43. The highest BCUT2D eigenvalue weighted by molar-refractivity contribution is 9.10. The summed E-state index contributed by atoms with van der Waals surface area (Å²) < 4.78 is 8.36. The second kappa shape index (κ2) is 5.68. The van der Waals surface area contributed by atoms with Gasteiger partial charge in [0.25, 0.3) is 0 Å². The first-order chi connectivity index (χ1) is 11.5. The summed E-state index contributed by atoms with van der Waals surface area (Å²) in [5.74, 6) is 0.554. The van der Waals surface area contributed by atoms with Crippen LogP contribution in [-0.4, -0.2) is 14.8 Å². The van der Waals surface area contributed by atoms with E-state index in [0.29, 0.717) is 27.7 Å². The number of aryl methyl sites for hydroxylation is 2. The number of nitrogens with zero attached hydrogens (tertiary/aromatic N) is 3. The van der Waals surface area contributed by atoms with E-state index in [9.17, 15) is 4.79 Å². The first-order valence-corrected chi connectivity index (χ1v) is 8.92. The molecule has 0 amide bonds. The Bertz CT molecular complexity index is 1110. The van der Waals surface area contributed by atoms with Crippen LogP contribution in [-0.2, 0) is 0 Å². The molecular weight excluding hydrogens is 390 g/mol. The van der Waals surface area contributed by atoms with Crippen molar-refractivity contribution in [2.24, 2.45) is 0 Å².